The van der Waals surface area contributed by atoms with Crippen molar-refractivity contribution in [2.75, 3.05) is 0 Å². The topological polar surface area (TPSA) is 63.3 Å². The third kappa shape index (κ3) is 2.08. The molecule has 0 aliphatic carbocycles. The van der Waals surface area contributed by atoms with Gasteiger partial charge in [-0.15, -0.1) is 0 Å². The molecule has 2 aromatic heterocycles. The lowest BCUT2D eigenvalue weighted by molar-refractivity contribution is 0.0699. The van der Waals surface area contributed by atoms with Crippen LogP contribution in [0.2, 0.25) is 0 Å². The highest BCUT2D eigenvalue weighted by Gasteiger charge is 2.23. The Kier molecular flexibility index (Phi) is 3.02. The smallest absolute Gasteiger partial charge is 0.341 e. The molecule has 0 radical (unpaired) electrons. The zero-order valence-corrected chi connectivity index (χ0v) is 11.5. The second kappa shape index (κ2) is 4.72. The minimum absolute atomic E-state index is 0.0343. The van der Waals surface area contributed by atoms with Crippen molar-refractivity contribution < 1.29 is 18.7 Å². The van der Waals surface area contributed by atoms with Gasteiger partial charge >= 0.3 is 5.97 Å². The Balaban J connectivity index is 2.32. The molecule has 1 aromatic carbocycles. The number of hydrogen-bond donors (Lipinski definition) is 1. The van der Waals surface area contributed by atoms with E-state index in [2.05, 4.69) is 20.9 Å². The van der Waals surface area contributed by atoms with Crippen LogP contribution in [-0.4, -0.2) is 16.1 Å². The molecule has 1 N–H and O–H groups in total. The number of pyridine rings is 1. The number of furan rings is 1. The van der Waals surface area contributed by atoms with Gasteiger partial charge in [-0.2, -0.15) is 0 Å². The van der Waals surface area contributed by atoms with Crippen molar-refractivity contribution in [3.63, 3.8) is 0 Å². The van der Waals surface area contributed by atoms with Crippen LogP contribution in [0.4, 0.5) is 4.39 Å². The predicted molar refractivity (Wildman–Crippen MR) is 74.1 cm³/mol. The number of aromatic carboxylic acids is 1. The van der Waals surface area contributed by atoms with Crippen molar-refractivity contribution in [3.8, 4) is 11.3 Å². The predicted octanol–water partition coefficient (Wildman–Crippen LogP) is 4.09. The number of carboxylic acid groups (broad SMARTS) is 1. The van der Waals surface area contributed by atoms with Crippen LogP contribution < -0.4 is 0 Å². The molecule has 2 heterocycles. The van der Waals surface area contributed by atoms with Gasteiger partial charge in [0.1, 0.15) is 21.5 Å². The molecule has 4 nitrogen and oxygen atoms in total. The normalized spacial score (nSPS) is 10.9. The molecule has 0 fully saturated rings. The number of benzene rings is 1. The molecule has 100 valence electrons. The van der Waals surface area contributed by atoms with E-state index in [0.29, 0.717) is 15.7 Å². The summed E-state index contributed by atoms with van der Waals surface area (Å²) in [5.74, 6) is -1.38. The summed E-state index contributed by atoms with van der Waals surface area (Å²) in [6, 6.07) is 8.72. The van der Waals surface area contributed by atoms with E-state index in [4.69, 9.17) is 4.42 Å². The number of carbonyl (C=O) groups is 1. The van der Waals surface area contributed by atoms with Crippen LogP contribution in [0.25, 0.3) is 22.4 Å². The van der Waals surface area contributed by atoms with E-state index in [1.165, 1.54) is 24.3 Å². The Morgan fingerprint density at radius 3 is 2.55 bits per heavy atom. The second-order valence-corrected chi connectivity index (χ2v) is 4.91. The first-order valence-corrected chi connectivity index (χ1v) is 6.44. The van der Waals surface area contributed by atoms with Crippen molar-refractivity contribution in [1.29, 1.82) is 0 Å². The van der Waals surface area contributed by atoms with Gasteiger partial charge in [0.05, 0.1) is 0 Å². The summed E-state index contributed by atoms with van der Waals surface area (Å²) in [4.78, 5) is 15.6. The molecule has 0 aliphatic heterocycles. The highest BCUT2D eigenvalue weighted by Crippen LogP contribution is 2.33. The lowest BCUT2D eigenvalue weighted by atomic mass is 10.1. The SMILES string of the molecule is O=C(O)c1c(-c2ccc(F)cc2)oc2ccc(Br)nc12. The number of nitrogens with zero attached hydrogens (tertiary/aromatic N) is 1. The number of rotatable bonds is 2. The quantitative estimate of drug-likeness (QED) is 0.716. The van der Waals surface area contributed by atoms with Crippen molar-refractivity contribution in [2.24, 2.45) is 0 Å². The van der Waals surface area contributed by atoms with Gasteiger partial charge in [-0.1, -0.05) is 0 Å². The fraction of sp³-hybridized carbons (Fsp3) is 0. The van der Waals surface area contributed by atoms with Crippen LogP contribution in [0, 0.1) is 5.82 Å². The molecular formula is C14H7BrFNO3. The molecule has 20 heavy (non-hydrogen) atoms. The van der Waals surface area contributed by atoms with Gasteiger partial charge in [0.15, 0.2) is 11.3 Å². The maximum Gasteiger partial charge on any atom is 0.341 e. The van der Waals surface area contributed by atoms with Crippen LogP contribution in [0.5, 0.6) is 0 Å². The van der Waals surface area contributed by atoms with E-state index in [1.807, 2.05) is 0 Å². The highest BCUT2D eigenvalue weighted by molar-refractivity contribution is 9.10. The van der Waals surface area contributed by atoms with Crippen LogP contribution in [0.15, 0.2) is 45.4 Å². The number of fused-ring (bicyclic) bond motifs is 1. The fourth-order valence-electron chi connectivity index (χ4n) is 1.96. The molecule has 0 aliphatic rings. The van der Waals surface area contributed by atoms with Crippen molar-refractivity contribution in [3.05, 3.63) is 52.4 Å². The standard InChI is InChI=1S/C14H7BrFNO3/c15-10-6-5-9-12(17-10)11(14(18)19)13(20-9)7-1-3-8(16)4-2-7/h1-6H,(H,18,19). The van der Waals surface area contributed by atoms with Crippen molar-refractivity contribution >= 4 is 33.0 Å². The first-order valence-electron chi connectivity index (χ1n) is 5.64. The Hall–Kier alpha value is -2.21. The summed E-state index contributed by atoms with van der Waals surface area (Å²) in [6.45, 7) is 0. The summed E-state index contributed by atoms with van der Waals surface area (Å²) >= 11 is 3.20. The number of carboxylic acids is 1. The monoisotopic (exact) mass is 335 g/mol. The summed E-state index contributed by atoms with van der Waals surface area (Å²) in [6.07, 6.45) is 0. The lowest BCUT2D eigenvalue weighted by Gasteiger charge is -1.98. The molecule has 3 rings (SSSR count). The minimum Gasteiger partial charge on any atom is -0.477 e. The highest BCUT2D eigenvalue weighted by atomic mass is 79.9. The molecule has 0 spiro atoms. The summed E-state index contributed by atoms with van der Waals surface area (Å²) in [5.41, 5.74) is 1.07. The number of halogens is 2. The van der Waals surface area contributed by atoms with Gasteiger partial charge in [0, 0.05) is 5.56 Å². The average molecular weight is 336 g/mol. The Morgan fingerprint density at radius 2 is 1.90 bits per heavy atom. The van der Waals surface area contributed by atoms with Gasteiger partial charge in [-0.3, -0.25) is 0 Å². The Morgan fingerprint density at radius 1 is 1.20 bits per heavy atom. The van der Waals surface area contributed by atoms with Crippen LogP contribution in [0.3, 0.4) is 0 Å². The summed E-state index contributed by atoms with van der Waals surface area (Å²) < 4.78 is 19.0. The van der Waals surface area contributed by atoms with Crippen LogP contribution >= 0.6 is 15.9 Å². The van der Waals surface area contributed by atoms with E-state index in [9.17, 15) is 14.3 Å². The maximum absolute atomic E-state index is 13.0. The van der Waals surface area contributed by atoms with Crippen molar-refractivity contribution in [1.82, 2.24) is 4.98 Å². The molecule has 0 atom stereocenters. The van der Waals surface area contributed by atoms with Crippen molar-refractivity contribution in [2.45, 2.75) is 0 Å². The summed E-state index contributed by atoms with van der Waals surface area (Å²) in [7, 11) is 0. The maximum atomic E-state index is 13.0. The molecule has 0 amide bonds. The zero-order valence-electron chi connectivity index (χ0n) is 9.93. The van der Waals surface area contributed by atoms with Crippen LogP contribution in [-0.2, 0) is 0 Å². The first kappa shape index (κ1) is 12.8. The summed E-state index contributed by atoms with van der Waals surface area (Å²) in [5, 5.41) is 9.37. The van der Waals surface area contributed by atoms with Gasteiger partial charge in [0.25, 0.3) is 0 Å². The molecule has 6 heteroatoms. The van der Waals surface area contributed by atoms with E-state index in [-0.39, 0.29) is 16.8 Å². The Bertz CT molecular complexity index is 811. The van der Waals surface area contributed by atoms with E-state index in [1.54, 1.807) is 12.1 Å². The molecule has 0 bridgehead atoms. The number of hydrogen-bond acceptors (Lipinski definition) is 3. The third-order valence-corrected chi connectivity index (χ3v) is 3.26. The third-order valence-electron chi connectivity index (χ3n) is 2.82. The average Bonchev–Trinajstić information content (AvgIpc) is 2.78. The first-order chi connectivity index (χ1) is 9.56. The molecule has 0 saturated heterocycles. The zero-order chi connectivity index (χ0) is 14.3. The van der Waals surface area contributed by atoms with E-state index < -0.39 is 11.8 Å². The van der Waals surface area contributed by atoms with E-state index >= 15 is 0 Å². The molecule has 0 saturated carbocycles. The fourth-order valence-corrected chi connectivity index (χ4v) is 2.26. The largest absolute Gasteiger partial charge is 0.477 e. The molecular weight excluding hydrogens is 329 g/mol. The van der Waals surface area contributed by atoms with E-state index in [0.717, 1.165) is 0 Å². The minimum atomic E-state index is -1.14. The van der Waals surface area contributed by atoms with Gasteiger partial charge < -0.3 is 9.52 Å². The lowest BCUT2D eigenvalue weighted by Crippen LogP contribution is -1.98. The molecule has 3 aromatic rings. The Labute approximate surface area is 121 Å². The molecule has 0 unspecified atom stereocenters. The van der Waals surface area contributed by atoms with Gasteiger partial charge in [-0.25, -0.2) is 14.2 Å². The second-order valence-electron chi connectivity index (χ2n) is 4.10. The van der Waals surface area contributed by atoms with Gasteiger partial charge in [-0.05, 0) is 52.3 Å². The van der Waals surface area contributed by atoms with Crippen LogP contribution in [0.1, 0.15) is 10.4 Å². The number of aromatic nitrogens is 1. The van der Waals surface area contributed by atoms with Gasteiger partial charge in [0.2, 0.25) is 0 Å².